The molecule has 0 aliphatic carbocycles. The van der Waals surface area contributed by atoms with E-state index >= 15 is 0 Å². The number of hydrogen-bond acceptors (Lipinski definition) is 4. The first-order valence-electron chi connectivity index (χ1n) is 8.34. The molecule has 0 unspecified atom stereocenters. The third-order valence-corrected chi connectivity index (χ3v) is 4.02. The first kappa shape index (κ1) is 16.8. The molecular weight excluding hydrogens is 347 g/mol. The minimum atomic E-state index is -0.421. The normalized spacial score (nSPS) is 10.7. The van der Waals surface area contributed by atoms with Crippen LogP contribution in [0.3, 0.4) is 0 Å². The van der Waals surface area contributed by atoms with Gasteiger partial charge in [0.05, 0.1) is 12.1 Å². The zero-order valence-electron chi connectivity index (χ0n) is 14.2. The summed E-state index contributed by atoms with van der Waals surface area (Å²) in [5, 5.41) is 6.70. The SMILES string of the molecule is O=C(NCc1cc(-c2ccccc2)no1)c1ccc(-c2ccccc2F)o1. The Hall–Kier alpha value is -3.67. The molecule has 6 heteroatoms. The van der Waals surface area contributed by atoms with Gasteiger partial charge in [0.25, 0.3) is 5.91 Å². The van der Waals surface area contributed by atoms with E-state index < -0.39 is 11.7 Å². The third-order valence-electron chi connectivity index (χ3n) is 4.02. The van der Waals surface area contributed by atoms with Gasteiger partial charge in [0.1, 0.15) is 17.3 Å². The molecule has 1 amide bonds. The fraction of sp³-hybridized carbons (Fsp3) is 0.0476. The van der Waals surface area contributed by atoms with E-state index in [0.717, 1.165) is 5.56 Å². The first-order valence-corrected chi connectivity index (χ1v) is 8.34. The molecule has 0 spiro atoms. The Labute approximate surface area is 154 Å². The van der Waals surface area contributed by atoms with Gasteiger partial charge in [-0.05, 0) is 24.3 Å². The van der Waals surface area contributed by atoms with Crippen LogP contribution in [-0.4, -0.2) is 11.1 Å². The summed E-state index contributed by atoms with van der Waals surface area (Å²) in [5.74, 6) is 0.0765. The van der Waals surface area contributed by atoms with Gasteiger partial charge in [-0.1, -0.05) is 47.6 Å². The van der Waals surface area contributed by atoms with E-state index in [9.17, 15) is 9.18 Å². The molecule has 4 aromatic rings. The molecule has 0 fully saturated rings. The molecule has 0 aliphatic rings. The highest BCUT2D eigenvalue weighted by molar-refractivity contribution is 5.92. The Morgan fingerprint density at radius 2 is 1.78 bits per heavy atom. The van der Waals surface area contributed by atoms with Crippen molar-refractivity contribution in [2.75, 3.05) is 0 Å². The van der Waals surface area contributed by atoms with Crippen molar-refractivity contribution in [2.24, 2.45) is 0 Å². The van der Waals surface area contributed by atoms with Crippen molar-refractivity contribution in [3.63, 3.8) is 0 Å². The lowest BCUT2D eigenvalue weighted by Crippen LogP contribution is -2.21. The summed E-state index contributed by atoms with van der Waals surface area (Å²) in [6, 6.07) is 20.7. The van der Waals surface area contributed by atoms with Gasteiger partial charge >= 0.3 is 0 Å². The Balaban J connectivity index is 1.42. The summed E-state index contributed by atoms with van der Waals surface area (Å²) < 4.78 is 24.5. The lowest BCUT2D eigenvalue weighted by atomic mass is 10.1. The highest BCUT2D eigenvalue weighted by Gasteiger charge is 2.15. The van der Waals surface area contributed by atoms with E-state index in [0.29, 0.717) is 22.8 Å². The number of hydrogen-bond donors (Lipinski definition) is 1. The predicted molar refractivity (Wildman–Crippen MR) is 97.2 cm³/mol. The van der Waals surface area contributed by atoms with Crippen LogP contribution in [-0.2, 0) is 6.54 Å². The van der Waals surface area contributed by atoms with Gasteiger partial charge in [0.2, 0.25) is 0 Å². The predicted octanol–water partition coefficient (Wildman–Crippen LogP) is 4.67. The fourth-order valence-electron chi connectivity index (χ4n) is 2.66. The van der Waals surface area contributed by atoms with Crippen LogP contribution in [0, 0.1) is 5.82 Å². The van der Waals surface area contributed by atoms with E-state index in [4.69, 9.17) is 8.94 Å². The van der Waals surface area contributed by atoms with Crippen LogP contribution >= 0.6 is 0 Å². The zero-order valence-corrected chi connectivity index (χ0v) is 14.2. The van der Waals surface area contributed by atoms with Crippen LogP contribution in [0.4, 0.5) is 4.39 Å². The molecule has 5 nitrogen and oxygen atoms in total. The Morgan fingerprint density at radius 3 is 2.59 bits per heavy atom. The van der Waals surface area contributed by atoms with E-state index in [2.05, 4.69) is 10.5 Å². The fourth-order valence-corrected chi connectivity index (χ4v) is 2.66. The minimum Gasteiger partial charge on any atom is -0.451 e. The number of nitrogens with zero attached hydrogens (tertiary/aromatic N) is 1. The largest absolute Gasteiger partial charge is 0.451 e. The number of benzene rings is 2. The van der Waals surface area contributed by atoms with Crippen molar-refractivity contribution in [3.8, 4) is 22.6 Å². The number of aromatic nitrogens is 1. The van der Waals surface area contributed by atoms with Gasteiger partial charge in [0.15, 0.2) is 11.5 Å². The van der Waals surface area contributed by atoms with Crippen LogP contribution in [0.1, 0.15) is 16.3 Å². The van der Waals surface area contributed by atoms with Gasteiger partial charge < -0.3 is 14.3 Å². The van der Waals surface area contributed by atoms with E-state index in [-0.39, 0.29) is 12.3 Å². The van der Waals surface area contributed by atoms with Crippen LogP contribution in [0.15, 0.2) is 81.7 Å². The summed E-state index contributed by atoms with van der Waals surface area (Å²) in [5.41, 5.74) is 1.93. The quantitative estimate of drug-likeness (QED) is 0.560. The molecule has 0 saturated carbocycles. The van der Waals surface area contributed by atoms with Crippen LogP contribution in [0.5, 0.6) is 0 Å². The van der Waals surface area contributed by atoms with E-state index in [1.165, 1.54) is 12.1 Å². The molecule has 2 aromatic carbocycles. The number of rotatable bonds is 5. The lowest BCUT2D eigenvalue weighted by molar-refractivity contribution is 0.0920. The zero-order chi connectivity index (χ0) is 18.6. The second-order valence-corrected chi connectivity index (χ2v) is 5.87. The number of furan rings is 1. The van der Waals surface area contributed by atoms with Crippen LogP contribution in [0.2, 0.25) is 0 Å². The summed E-state index contributed by atoms with van der Waals surface area (Å²) in [7, 11) is 0. The maximum atomic E-state index is 13.8. The van der Waals surface area contributed by atoms with Crippen molar-refractivity contribution < 1.29 is 18.1 Å². The van der Waals surface area contributed by atoms with Crippen molar-refractivity contribution in [3.05, 3.63) is 90.1 Å². The lowest BCUT2D eigenvalue weighted by Gasteiger charge is -2.00. The second-order valence-electron chi connectivity index (χ2n) is 5.87. The third kappa shape index (κ3) is 3.64. The van der Waals surface area contributed by atoms with Gasteiger partial charge in [-0.2, -0.15) is 0 Å². The monoisotopic (exact) mass is 362 g/mol. The molecule has 0 atom stereocenters. The van der Waals surface area contributed by atoms with Crippen molar-refractivity contribution in [1.29, 1.82) is 0 Å². The minimum absolute atomic E-state index is 0.0936. The average molecular weight is 362 g/mol. The summed E-state index contributed by atoms with van der Waals surface area (Å²) >= 11 is 0. The van der Waals surface area contributed by atoms with Crippen LogP contribution in [0.25, 0.3) is 22.6 Å². The Kier molecular flexibility index (Phi) is 4.53. The highest BCUT2D eigenvalue weighted by Crippen LogP contribution is 2.25. The summed E-state index contributed by atoms with van der Waals surface area (Å²) in [4.78, 5) is 12.3. The summed E-state index contributed by atoms with van der Waals surface area (Å²) in [6.07, 6.45) is 0. The highest BCUT2D eigenvalue weighted by atomic mass is 19.1. The van der Waals surface area contributed by atoms with Crippen molar-refractivity contribution in [2.45, 2.75) is 6.54 Å². The standard InChI is InChI=1S/C21H15FN2O3/c22-17-9-5-4-8-16(17)19-10-11-20(26-19)21(25)23-13-15-12-18(24-27-15)14-6-2-1-3-7-14/h1-12H,13H2,(H,23,25). The van der Waals surface area contributed by atoms with E-state index in [1.54, 1.807) is 30.3 Å². The molecule has 0 radical (unpaired) electrons. The van der Waals surface area contributed by atoms with E-state index in [1.807, 2.05) is 30.3 Å². The Morgan fingerprint density at radius 1 is 1.00 bits per heavy atom. The van der Waals surface area contributed by atoms with Gasteiger partial charge in [-0.25, -0.2) is 4.39 Å². The molecule has 0 saturated heterocycles. The first-order chi connectivity index (χ1) is 13.2. The molecule has 27 heavy (non-hydrogen) atoms. The van der Waals surface area contributed by atoms with Crippen molar-refractivity contribution >= 4 is 5.91 Å². The molecule has 0 aliphatic heterocycles. The van der Waals surface area contributed by atoms with Gasteiger partial charge in [-0.15, -0.1) is 0 Å². The average Bonchev–Trinajstić information content (AvgIpc) is 3.37. The molecule has 0 bridgehead atoms. The molecule has 2 heterocycles. The number of amides is 1. The van der Waals surface area contributed by atoms with Gasteiger partial charge in [-0.3, -0.25) is 4.79 Å². The van der Waals surface area contributed by atoms with Gasteiger partial charge in [0, 0.05) is 11.6 Å². The van der Waals surface area contributed by atoms with Crippen LogP contribution < -0.4 is 5.32 Å². The molecular formula is C21H15FN2O3. The summed E-state index contributed by atoms with van der Waals surface area (Å²) in [6.45, 7) is 0.161. The molecule has 1 N–H and O–H groups in total. The molecule has 134 valence electrons. The molecule has 4 rings (SSSR count). The maximum Gasteiger partial charge on any atom is 0.287 e. The molecule has 2 aromatic heterocycles. The smallest absolute Gasteiger partial charge is 0.287 e. The Bertz CT molecular complexity index is 1070. The number of carbonyl (C=O) groups is 1. The topological polar surface area (TPSA) is 68.3 Å². The number of nitrogens with one attached hydrogen (secondary N) is 1. The van der Waals surface area contributed by atoms with Crippen molar-refractivity contribution in [1.82, 2.24) is 10.5 Å². The number of halogens is 1. The number of carbonyl (C=O) groups excluding carboxylic acids is 1. The maximum absolute atomic E-state index is 13.8. The second kappa shape index (κ2) is 7.29.